The summed E-state index contributed by atoms with van der Waals surface area (Å²) in [4.78, 5) is 35.3. The van der Waals surface area contributed by atoms with E-state index in [1.165, 1.54) is 22.7 Å². The molecule has 0 bridgehead atoms. The van der Waals surface area contributed by atoms with E-state index in [1.54, 1.807) is 7.11 Å². The number of hydrogen-bond acceptors (Lipinski definition) is 16. The lowest BCUT2D eigenvalue weighted by Crippen LogP contribution is -2.10. The van der Waals surface area contributed by atoms with Gasteiger partial charge >= 0.3 is 0 Å². The molecule has 0 unspecified atom stereocenters. The zero-order valence-electron chi connectivity index (χ0n) is 58.4. The third-order valence-electron chi connectivity index (χ3n) is 17.9. The maximum Gasteiger partial charge on any atom is 0.160 e. The van der Waals surface area contributed by atoms with E-state index in [2.05, 4.69) is 90.1 Å². The first-order valence-electron chi connectivity index (χ1n) is 34.4. The lowest BCUT2D eigenvalue weighted by atomic mass is 10.0. The van der Waals surface area contributed by atoms with Gasteiger partial charge in [0, 0.05) is 88.0 Å². The van der Waals surface area contributed by atoms with Crippen molar-refractivity contribution in [2.45, 2.75) is 46.2 Å². The minimum atomic E-state index is -0.0292. The fourth-order valence-corrected chi connectivity index (χ4v) is 14.2. The number of aliphatic hydroxyl groups is 7. The molecule has 0 aliphatic carbocycles. The molecule has 14 rings (SSSR count). The number of carbonyl (C=O) groups excluding carboxylic acids is 2. The van der Waals surface area contributed by atoms with Crippen molar-refractivity contribution in [2.75, 3.05) is 26.7 Å². The van der Waals surface area contributed by atoms with E-state index < -0.39 is 0 Å². The molecular weight excluding hydrogens is 1440 g/mol. The van der Waals surface area contributed by atoms with Crippen molar-refractivity contribution in [3.8, 4) is 37.8 Å². The van der Waals surface area contributed by atoms with Crippen LogP contribution in [-0.4, -0.2) is 55.4 Å². The van der Waals surface area contributed by atoms with Gasteiger partial charge < -0.3 is 60.1 Å². The molecule has 0 saturated carbocycles. The normalized spacial score (nSPS) is 10.8. The van der Waals surface area contributed by atoms with Gasteiger partial charge in [-0.3, -0.25) is 9.59 Å². The van der Waals surface area contributed by atoms with Crippen LogP contribution < -0.4 is 24.3 Å². The van der Waals surface area contributed by atoms with Crippen molar-refractivity contribution < 1.29 is 50.1 Å². The number of anilines is 12. The van der Waals surface area contributed by atoms with Crippen LogP contribution in [-0.2, 0) is 46.2 Å². The van der Waals surface area contributed by atoms with Gasteiger partial charge in [-0.15, -0.1) is 22.7 Å². The first-order chi connectivity index (χ1) is 52.4. The van der Waals surface area contributed by atoms with Crippen LogP contribution in [0.25, 0.3) is 32.0 Å². The molecule has 536 valence electrons. The summed E-state index contributed by atoms with van der Waals surface area (Å²) in [5.74, 6) is 0.767. The molecule has 14 aromatic rings. The molecule has 0 fully saturated rings. The molecule has 2 heterocycles. The van der Waals surface area contributed by atoms with Gasteiger partial charge in [0.05, 0.1) is 63.1 Å². The predicted octanol–water partition coefficient (Wildman–Crippen LogP) is 20.9. The molecule has 0 amide bonds. The highest BCUT2D eigenvalue weighted by Crippen LogP contribution is 2.44. The lowest BCUT2D eigenvalue weighted by molar-refractivity contribution is 0.111. The summed E-state index contributed by atoms with van der Waals surface area (Å²) >= 11 is 6.40. The van der Waals surface area contributed by atoms with E-state index in [1.807, 2.05) is 255 Å². The minimum Gasteiger partial charge on any atom is -0.497 e. The van der Waals surface area contributed by atoms with Crippen LogP contribution in [0.1, 0.15) is 58.3 Å². The van der Waals surface area contributed by atoms with Gasteiger partial charge in [0.25, 0.3) is 0 Å². The first-order valence-corrected chi connectivity index (χ1v) is 36.8. The molecule has 0 aliphatic heterocycles. The van der Waals surface area contributed by atoms with Crippen LogP contribution in [0.3, 0.4) is 0 Å². The Kier molecular flexibility index (Phi) is 25.7. The molecule has 0 aliphatic rings. The van der Waals surface area contributed by atoms with Gasteiger partial charge in [-0.25, -0.2) is 0 Å². The van der Waals surface area contributed by atoms with Crippen LogP contribution in [0.4, 0.5) is 68.2 Å². The van der Waals surface area contributed by atoms with Crippen LogP contribution in [0.15, 0.2) is 314 Å². The Bertz CT molecular complexity index is 4960. The summed E-state index contributed by atoms with van der Waals surface area (Å²) in [5.41, 5.74) is 21.4. The van der Waals surface area contributed by atoms with Crippen LogP contribution in [0.2, 0.25) is 0 Å². The number of benzene rings is 12. The Morgan fingerprint density at radius 3 is 0.776 bits per heavy atom. The summed E-state index contributed by atoms with van der Waals surface area (Å²) < 4.78 is 6.41. The smallest absolute Gasteiger partial charge is 0.160 e. The molecule has 12 aromatic carbocycles. The second-order valence-electron chi connectivity index (χ2n) is 24.8. The zero-order valence-corrected chi connectivity index (χ0v) is 61.6. The third kappa shape index (κ3) is 18.5. The average Bonchev–Trinajstić information content (AvgIpc) is 1.14. The number of hydrogen-bond donors (Lipinski definition) is 7. The molecule has 0 saturated heterocycles. The summed E-state index contributed by atoms with van der Waals surface area (Å²) in [6.45, 7) is -0.0129. The number of aldehydes is 2. The fourth-order valence-electron chi connectivity index (χ4n) is 12.1. The van der Waals surface area contributed by atoms with E-state index in [9.17, 15) is 45.3 Å². The lowest BCUT2D eigenvalue weighted by Gasteiger charge is -2.26. The molecule has 17 heteroatoms. The first kappa shape index (κ1) is 75.3. The Hall–Kier alpha value is -11.4. The summed E-state index contributed by atoms with van der Waals surface area (Å²) in [7, 11) is 1.65. The van der Waals surface area contributed by atoms with Crippen molar-refractivity contribution in [3.63, 3.8) is 0 Å². The van der Waals surface area contributed by atoms with E-state index >= 15 is 0 Å². The Balaban J connectivity index is 0.000000167. The predicted molar refractivity (Wildman–Crippen MR) is 437 cm³/mol. The van der Waals surface area contributed by atoms with Gasteiger partial charge in [0.1, 0.15) is 5.75 Å². The fraction of sp³-hybridized carbons (Fsp3) is 0.0889. The number of thiophene rings is 2. The zero-order chi connectivity index (χ0) is 74.6. The Morgan fingerprint density at radius 1 is 0.290 bits per heavy atom. The van der Waals surface area contributed by atoms with Crippen molar-refractivity contribution in [1.29, 1.82) is 0 Å². The van der Waals surface area contributed by atoms with Gasteiger partial charge in [0.15, 0.2) is 12.6 Å². The molecule has 0 radical (unpaired) electrons. The van der Waals surface area contributed by atoms with Gasteiger partial charge in [-0.05, 0) is 244 Å². The minimum absolute atomic E-state index is 0.00373. The standard InChI is InChI=1S/C45H38N2O5S.C25H21NO3S.C20H18BrNO2/c1-52-42-24-22-41(23-25-42)47(38-16-6-33(29-50)7-17-38)39-18-8-34(9-19-39)43-26-44(53-45(43)30-51)35-10-20-40(21-11-35)46(36-12-2-31(27-48)3-13-36)37-14-4-32(28-49)5-15-37;27-15-18-1-7-21(8-2-18)26(22-9-3-19(16-28)4-10-22)23-11-5-20(6-12-23)25-14-13-24(17-29)30-25;21-17-5-11-20(12-6-17)22(18-7-1-15(13-23)2-8-18)19-9-3-16(14-24)4-10-19/h2-26,30,48-50H,27-29H2,1H3;1-14,17,27-28H,15-16H2;1-12,23-24H,13-14H2. The number of ether oxygens (including phenoxy) is 1. The van der Waals surface area contributed by atoms with Crippen molar-refractivity contribution in [1.82, 2.24) is 0 Å². The Morgan fingerprint density at radius 2 is 0.533 bits per heavy atom. The van der Waals surface area contributed by atoms with Crippen LogP contribution >= 0.6 is 38.6 Å². The molecule has 0 atom stereocenters. The average molecular weight is 1520 g/mol. The second kappa shape index (κ2) is 36.5. The SMILES string of the molecule is COc1ccc(N(c2ccc(CO)cc2)c2ccc(-c3cc(-c4ccc(N(c5ccc(CO)cc5)c5ccc(CO)cc5)cc4)sc3C=O)cc2)cc1.O=Cc1ccc(-c2ccc(N(c3ccc(CO)cc3)c3ccc(CO)cc3)cc2)s1.OCc1ccc(N(c2ccc(Br)cc2)c2ccc(CO)cc2)cc1. The van der Waals surface area contributed by atoms with Crippen LogP contribution in [0, 0.1) is 0 Å². The number of rotatable bonds is 25. The molecular formula is C90H77BrN4O10S2. The Labute approximate surface area is 638 Å². The number of nitrogens with zero attached hydrogens (tertiary/aromatic N) is 4. The second-order valence-corrected chi connectivity index (χ2v) is 27.9. The van der Waals surface area contributed by atoms with E-state index in [4.69, 9.17) is 4.74 Å². The number of aliphatic hydroxyl groups excluding tert-OH is 7. The quantitative estimate of drug-likeness (QED) is 0.0267. The highest BCUT2D eigenvalue weighted by Gasteiger charge is 2.20. The molecule has 7 N–H and O–H groups in total. The van der Waals surface area contributed by atoms with E-state index in [-0.39, 0.29) is 46.2 Å². The van der Waals surface area contributed by atoms with E-state index in [0.717, 1.165) is 162 Å². The summed E-state index contributed by atoms with van der Waals surface area (Å²) in [6, 6.07) is 101. The van der Waals surface area contributed by atoms with E-state index in [0.29, 0.717) is 9.75 Å². The molecule has 0 spiro atoms. The summed E-state index contributed by atoms with van der Waals surface area (Å²) in [6.07, 6.45) is 1.79. The summed E-state index contributed by atoms with van der Waals surface area (Å²) in [5, 5.41) is 66.0. The maximum absolute atomic E-state index is 12.4. The molecule has 14 nitrogen and oxygen atoms in total. The van der Waals surface area contributed by atoms with Crippen molar-refractivity contribution in [2.24, 2.45) is 0 Å². The van der Waals surface area contributed by atoms with Crippen LogP contribution in [0.5, 0.6) is 5.75 Å². The van der Waals surface area contributed by atoms with Gasteiger partial charge in [-0.1, -0.05) is 137 Å². The monoisotopic (exact) mass is 1520 g/mol. The topological polar surface area (TPSA) is 198 Å². The highest BCUT2D eigenvalue weighted by atomic mass is 79.9. The number of methoxy groups -OCH3 is 1. The largest absolute Gasteiger partial charge is 0.497 e. The number of halogens is 1. The maximum atomic E-state index is 12.4. The number of carbonyl (C=O) groups is 2. The molecule has 2 aromatic heterocycles. The molecule has 107 heavy (non-hydrogen) atoms. The highest BCUT2D eigenvalue weighted by molar-refractivity contribution is 9.10. The van der Waals surface area contributed by atoms with Gasteiger partial charge in [-0.2, -0.15) is 0 Å². The van der Waals surface area contributed by atoms with Crippen molar-refractivity contribution >= 4 is 119 Å². The van der Waals surface area contributed by atoms with Gasteiger partial charge in [0.2, 0.25) is 0 Å². The third-order valence-corrected chi connectivity index (χ3v) is 20.6. The van der Waals surface area contributed by atoms with Crippen molar-refractivity contribution in [3.05, 3.63) is 363 Å².